The van der Waals surface area contributed by atoms with Gasteiger partial charge in [-0.25, -0.2) is 18.0 Å². The summed E-state index contributed by atoms with van der Waals surface area (Å²) < 4.78 is 45.5. The molecule has 1 saturated heterocycles. The third kappa shape index (κ3) is 4.39. The molecule has 2 aromatic carbocycles. The summed E-state index contributed by atoms with van der Waals surface area (Å²) in [7, 11) is 1.59. The SMILES string of the molecule is COc1ccccc1C(CNC(=O)Nc1ccc(F)c(F)c1F)N1CCCC1. The highest BCUT2D eigenvalue weighted by molar-refractivity contribution is 5.89. The van der Waals surface area contributed by atoms with Gasteiger partial charge in [0.1, 0.15) is 5.75 Å². The van der Waals surface area contributed by atoms with E-state index in [-0.39, 0.29) is 12.6 Å². The number of anilines is 1. The number of rotatable bonds is 6. The van der Waals surface area contributed by atoms with Crippen LogP contribution in [0.15, 0.2) is 36.4 Å². The van der Waals surface area contributed by atoms with Gasteiger partial charge in [0.25, 0.3) is 0 Å². The number of benzene rings is 2. The lowest BCUT2D eigenvalue weighted by atomic mass is 10.0. The number of carbonyl (C=O) groups is 1. The van der Waals surface area contributed by atoms with Crippen LogP contribution in [0.1, 0.15) is 24.4 Å². The van der Waals surface area contributed by atoms with Gasteiger partial charge < -0.3 is 15.4 Å². The van der Waals surface area contributed by atoms with Gasteiger partial charge in [-0.15, -0.1) is 0 Å². The Morgan fingerprint density at radius 2 is 1.82 bits per heavy atom. The van der Waals surface area contributed by atoms with Crippen LogP contribution in [0, 0.1) is 17.5 Å². The molecule has 1 aliphatic heterocycles. The molecule has 3 rings (SSSR count). The van der Waals surface area contributed by atoms with E-state index in [1.807, 2.05) is 24.3 Å². The first-order chi connectivity index (χ1) is 13.5. The molecule has 0 aromatic heterocycles. The molecular weight excluding hydrogens is 371 g/mol. The lowest BCUT2D eigenvalue weighted by molar-refractivity contribution is 0.224. The van der Waals surface area contributed by atoms with E-state index >= 15 is 0 Å². The van der Waals surface area contributed by atoms with E-state index in [2.05, 4.69) is 15.5 Å². The molecule has 2 N–H and O–H groups in total. The lowest BCUT2D eigenvalue weighted by Gasteiger charge is -2.29. The number of amides is 2. The molecule has 1 aliphatic rings. The summed E-state index contributed by atoms with van der Waals surface area (Å²) in [4.78, 5) is 14.5. The number of methoxy groups -OCH3 is 1. The van der Waals surface area contributed by atoms with Crippen LogP contribution in [0.2, 0.25) is 0 Å². The Bertz CT molecular complexity index is 841. The highest BCUT2D eigenvalue weighted by Gasteiger charge is 2.26. The number of halogens is 3. The average molecular weight is 393 g/mol. The van der Waals surface area contributed by atoms with Crippen molar-refractivity contribution in [2.24, 2.45) is 0 Å². The molecule has 0 spiro atoms. The molecule has 1 fully saturated rings. The Balaban J connectivity index is 1.71. The van der Waals surface area contributed by atoms with E-state index < -0.39 is 29.2 Å². The van der Waals surface area contributed by atoms with E-state index in [1.54, 1.807) is 7.11 Å². The van der Waals surface area contributed by atoms with Gasteiger partial charge in [0.2, 0.25) is 0 Å². The van der Waals surface area contributed by atoms with Crippen molar-refractivity contribution >= 4 is 11.7 Å². The summed E-state index contributed by atoms with van der Waals surface area (Å²) in [5, 5.41) is 4.91. The molecule has 1 atom stereocenters. The zero-order valence-electron chi connectivity index (χ0n) is 15.5. The largest absolute Gasteiger partial charge is 0.496 e. The van der Waals surface area contributed by atoms with Crippen molar-refractivity contribution in [3.8, 4) is 5.75 Å². The molecular formula is C20H22F3N3O2. The second-order valence-corrected chi connectivity index (χ2v) is 6.56. The van der Waals surface area contributed by atoms with Crippen molar-refractivity contribution in [1.29, 1.82) is 0 Å². The molecule has 0 saturated carbocycles. The van der Waals surface area contributed by atoms with Crippen molar-refractivity contribution in [2.75, 3.05) is 32.1 Å². The number of nitrogens with zero attached hydrogens (tertiary/aromatic N) is 1. The summed E-state index contributed by atoms with van der Waals surface area (Å²) in [5.41, 5.74) is 0.512. The van der Waals surface area contributed by atoms with Crippen molar-refractivity contribution < 1.29 is 22.7 Å². The maximum Gasteiger partial charge on any atom is 0.319 e. The molecule has 0 bridgehead atoms. The van der Waals surface area contributed by atoms with Gasteiger partial charge in [-0.3, -0.25) is 4.90 Å². The van der Waals surface area contributed by atoms with E-state index in [0.717, 1.165) is 43.6 Å². The van der Waals surface area contributed by atoms with Gasteiger partial charge in [0.05, 0.1) is 18.8 Å². The Morgan fingerprint density at radius 3 is 2.54 bits per heavy atom. The summed E-state index contributed by atoms with van der Waals surface area (Å²) in [6.07, 6.45) is 2.13. The van der Waals surface area contributed by atoms with Gasteiger partial charge in [0.15, 0.2) is 17.5 Å². The Hall–Kier alpha value is -2.74. The molecule has 150 valence electrons. The van der Waals surface area contributed by atoms with Crippen LogP contribution in [0.4, 0.5) is 23.7 Å². The molecule has 1 heterocycles. The summed E-state index contributed by atoms with van der Waals surface area (Å²) >= 11 is 0. The van der Waals surface area contributed by atoms with Gasteiger partial charge in [0, 0.05) is 12.1 Å². The number of nitrogens with one attached hydrogen (secondary N) is 2. The predicted molar refractivity (Wildman–Crippen MR) is 99.9 cm³/mol. The van der Waals surface area contributed by atoms with Crippen molar-refractivity contribution in [1.82, 2.24) is 10.2 Å². The molecule has 2 aromatic rings. The first kappa shape index (κ1) is 20.0. The Labute approximate surface area is 161 Å². The van der Waals surface area contributed by atoms with Crippen LogP contribution in [0.25, 0.3) is 0 Å². The minimum absolute atomic E-state index is 0.126. The maximum atomic E-state index is 13.7. The second kappa shape index (κ2) is 8.97. The van der Waals surface area contributed by atoms with Crippen LogP contribution < -0.4 is 15.4 Å². The summed E-state index contributed by atoms with van der Waals surface area (Å²) in [5.74, 6) is -3.65. The number of ether oxygens (including phenoxy) is 1. The van der Waals surface area contributed by atoms with Crippen molar-refractivity contribution in [3.05, 3.63) is 59.4 Å². The first-order valence-corrected chi connectivity index (χ1v) is 9.06. The lowest BCUT2D eigenvalue weighted by Crippen LogP contribution is -2.39. The number of urea groups is 1. The van der Waals surface area contributed by atoms with Crippen LogP contribution >= 0.6 is 0 Å². The minimum atomic E-state index is -1.62. The number of carbonyl (C=O) groups excluding carboxylic acids is 1. The molecule has 1 unspecified atom stereocenters. The van der Waals surface area contributed by atoms with E-state index in [4.69, 9.17) is 4.74 Å². The summed E-state index contributed by atoms with van der Waals surface area (Å²) in [6.45, 7) is 2.03. The van der Waals surface area contributed by atoms with E-state index in [0.29, 0.717) is 5.75 Å². The molecule has 2 amide bonds. The van der Waals surface area contributed by atoms with E-state index in [1.165, 1.54) is 0 Å². The maximum absolute atomic E-state index is 13.7. The van der Waals surface area contributed by atoms with Crippen molar-refractivity contribution in [3.63, 3.8) is 0 Å². The monoisotopic (exact) mass is 393 g/mol. The first-order valence-electron chi connectivity index (χ1n) is 9.06. The predicted octanol–water partition coefficient (Wildman–Crippen LogP) is 4.07. The zero-order chi connectivity index (χ0) is 20.1. The third-order valence-electron chi connectivity index (χ3n) is 4.82. The number of para-hydroxylation sites is 1. The molecule has 5 nitrogen and oxygen atoms in total. The minimum Gasteiger partial charge on any atom is -0.496 e. The highest BCUT2D eigenvalue weighted by atomic mass is 19.2. The van der Waals surface area contributed by atoms with E-state index in [9.17, 15) is 18.0 Å². The average Bonchev–Trinajstić information content (AvgIpc) is 3.23. The zero-order valence-corrected chi connectivity index (χ0v) is 15.5. The highest BCUT2D eigenvalue weighted by Crippen LogP contribution is 2.31. The molecule has 0 aliphatic carbocycles. The van der Waals surface area contributed by atoms with Crippen LogP contribution in [-0.2, 0) is 0 Å². The van der Waals surface area contributed by atoms with Gasteiger partial charge >= 0.3 is 6.03 Å². The molecule has 28 heavy (non-hydrogen) atoms. The fraction of sp³-hybridized carbons (Fsp3) is 0.350. The number of hydrogen-bond acceptors (Lipinski definition) is 3. The Kier molecular flexibility index (Phi) is 6.41. The topological polar surface area (TPSA) is 53.6 Å². The van der Waals surface area contributed by atoms with Crippen molar-refractivity contribution in [2.45, 2.75) is 18.9 Å². The number of likely N-dealkylation sites (tertiary alicyclic amines) is 1. The third-order valence-corrected chi connectivity index (χ3v) is 4.82. The number of hydrogen-bond donors (Lipinski definition) is 2. The second-order valence-electron chi connectivity index (χ2n) is 6.56. The smallest absolute Gasteiger partial charge is 0.319 e. The Morgan fingerprint density at radius 1 is 1.11 bits per heavy atom. The van der Waals surface area contributed by atoms with Crippen LogP contribution in [0.3, 0.4) is 0 Å². The quantitative estimate of drug-likeness (QED) is 0.728. The standard InChI is InChI=1S/C20H22F3N3O2/c1-28-17-7-3-2-6-13(17)16(26-10-4-5-11-26)12-24-20(27)25-15-9-8-14(21)18(22)19(15)23/h2-3,6-9,16H,4-5,10-12H2,1H3,(H2,24,25,27). The fourth-order valence-electron chi connectivity index (χ4n) is 3.41. The molecule has 0 radical (unpaired) electrons. The van der Waals surface area contributed by atoms with Gasteiger partial charge in [-0.2, -0.15) is 0 Å². The summed E-state index contributed by atoms with van der Waals surface area (Å²) in [6, 6.07) is 8.48. The van der Waals surface area contributed by atoms with Crippen LogP contribution in [0.5, 0.6) is 5.75 Å². The van der Waals surface area contributed by atoms with Gasteiger partial charge in [-0.1, -0.05) is 18.2 Å². The normalized spacial score (nSPS) is 15.3. The van der Waals surface area contributed by atoms with Crippen LogP contribution in [-0.4, -0.2) is 37.7 Å². The fourth-order valence-corrected chi connectivity index (χ4v) is 3.41. The van der Waals surface area contributed by atoms with Gasteiger partial charge in [-0.05, 0) is 44.1 Å². The molecule has 8 heteroatoms.